The fourth-order valence-electron chi connectivity index (χ4n) is 2.79. The van der Waals surface area contributed by atoms with Gasteiger partial charge in [-0.2, -0.15) is 0 Å². The zero-order chi connectivity index (χ0) is 13.0. The highest BCUT2D eigenvalue weighted by Gasteiger charge is 2.39. The van der Waals surface area contributed by atoms with Crippen LogP contribution < -0.4 is 5.32 Å². The zero-order valence-corrected chi connectivity index (χ0v) is 12.5. The van der Waals surface area contributed by atoms with Gasteiger partial charge in [0.25, 0.3) is 0 Å². The maximum Gasteiger partial charge on any atom is 0.113 e. The van der Waals surface area contributed by atoms with Crippen molar-refractivity contribution in [1.82, 2.24) is 10.3 Å². The van der Waals surface area contributed by atoms with Crippen molar-refractivity contribution < 1.29 is 4.74 Å². The number of methoxy groups -OCH3 is 1. The molecule has 0 aliphatic heterocycles. The Kier molecular flexibility index (Phi) is 4.76. The van der Waals surface area contributed by atoms with E-state index in [9.17, 15) is 0 Å². The van der Waals surface area contributed by atoms with E-state index >= 15 is 0 Å². The molecule has 4 heteroatoms. The Morgan fingerprint density at radius 2 is 2.44 bits per heavy atom. The third-order valence-electron chi connectivity index (χ3n) is 3.78. The summed E-state index contributed by atoms with van der Waals surface area (Å²) >= 11 is 1.79. The third kappa shape index (κ3) is 2.92. The van der Waals surface area contributed by atoms with E-state index < -0.39 is 0 Å². The SMILES string of the molecule is CCCNC1(c2nc(C)cs2)CCCC(OC)C1. The summed E-state index contributed by atoms with van der Waals surface area (Å²) in [6, 6.07) is 0. The maximum atomic E-state index is 5.59. The van der Waals surface area contributed by atoms with E-state index in [1.54, 1.807) is 11.3 Å². The standard InChI is InChI=1S/C14H24N2OS/c1-4-8-15-14(13-16-11(2)10-18-13)7-5-6-12(9-14)17-3/h10,12,15H,4-9H2,1-3H3. The minimum Gasteiger partial charge on any atom is -0.381 e. The highest BCUT2D eigenvalue weighted by Crippen LogP contribution is 2.39. The van der Waals surface area contributed by atoms with Crippen molar-refractivity contribution in [2.24, 2.45) is 0 Å². The molecule has 3 nitrogen and oxygen atoms in total. The fourth-order valence-corrected chi connectivity index (χ4v) is 3.81. The molecule has 0 amide bonds. The first kappa shape index (κ1) is 14.0. The van der Waals surface area contributed by atoms with Gasteiger partial charge in [0.15, 0.2) is 0 Å². The number of rotatable bonds is 5. The van der Waals surface area contributed by atoms with Crippen LogP contribution in [-0.4, -0.2) is 24.7 Å². The number of nitrogens with one attached hydrogen (secondary N) is 1. The van der Waals surface area contributed by atoms with Crippen LogP contribution in [0.5, 0.6) is 0 Å². The van der Waals surface area contributed by atoms with Crippen molar-refractivity contribution in [3.8, 4) is 0 Å². The van der Waals surface area contributed by atoms with Crippen LogP contribution in [0.1, 0.15) is 49.7 Å². The molecule has 0 bridgehead atoms. The minimum atomic E-state index is 0.0495. The first-order valence-electron chi connectivity index (χ1n) is 6.90. The molecule has 1 aliphatic carbocycles. The van der Waals surface area contributed by atoms with E-state index in [-0.39, 0.29) is 5.54 Å². The summed E-state index contributed by atoms with van der Waals surface area (Å²) in [6.07, 6.45) is 6.15. The monoisotopic (exact) mass is 268 g/mol. The van der Waals surface area contributed by atoms with Crippen molar-refractivity contribution in [1.29, 1.82) is 0 Å². The molecule has 1 fully saturated rings. The number of hydrogen-bond acceptors (Lipinski definition) is 4. The lowest BCUT2D eigenvalue weighted by Gasteiger charge is -2.40. The molecule has 1 N–H and O–H groups in total. The van der Waals surface area contributed by atoms with E-state index in [4.69, 9.17) is 9.72 Å². The van der Waals surface area contributed by atoms with Crippen LogP contribution in [-0.2, 0) is 10.3 Å². The van der Waals surface area contributed by atoms with E-state index in [1.165, 1.54) is 24.3 Å². The molecule has 1 aromatic rings. The molecule has 1 aromatic heterocycles. The molecule has 1 saturated carbocycles. The predicted molar refractivity (Wildman–Crippen MR) is 76.1 cm³/mol. The van der Waals surface area contributed by atoms with E-state index in [0.29, 0.717) is 6.10 Å². The van der Waals surface area contributed by atoms with Gasteiger partial charge in [-0.25, -0.2) is 4.98 Å². The molecule has 2 unspecified atom stereocenters. The van der Waals surface area contributed by atoms with E-state index in [0.717, 1.165) is 25.1 Å². The highest BCUT2D eigenvalue weighted by atomic mass is 32.1. The molecule has 18 heavy (non-hydrogen) atoms. The number of aromatic nitrogens is 1. The first-order valence-corrected chi connectivity index (χ1v) is 7.78. The van der Waals surface area contributed by atoms with Gasteiger partial charge in [-0.05, 0) is 45.6 Å². The second-order valence-corrected chi connectivity index (χ2v) is 6.12. The van der Waals surface area contributed by atoms with E-state index in [1.807, 2.05) is 7.11 Å². The number of aryl methyl sites for hydroxylation is 1. The number of thiazole rings is 1. The lowest BCUT2D eigenvalue weighted by atomic mass is 9.80. The fraction of sp³-hybridized carbons (Fsp3) is 0.786. The minimum absolute atomic E-state index is 0.0495. The third-order valence-corrected chi connectivity index (χ3v) is 4.95. The van der Waals surface area contributed by atoms with Crippen LogP contribution in [0.25, 0.3) is 0 Å². The van der Waals surface area contributed by atoms with Crippen LogP contribution in [0.4, 0.5) is 0 Å². The second kappa shape index (κ2) is 6.13. The first-order chi connectivity index (χ1) is 8.70. The van der Waals surface area contributed by atoms with Crippen molar-refractivity contribution in [3.63, 3.8) is 0 Å². The van der Waals surface area contributed by atoms with Crippen LogP contribution in [0.3, 0.4) is 0 Å². The van der Waals surface area contributed by atoms with Crippen LogP contribution in [0, 0.1) is 6.92 Å². The largest absolute Gasteiger partial charge is 0.381 e. The van der Waals surface area contributed by atoms with Gasteiger partial charge in [0.2, 0.25) is 0 Å². The molecule has 0 saturated heterocycles. The van der Waals surface area contributed by atoms with Crippen molar-refractivity contribution in [3.05, 3.63) is 16.1 Å². The predicted octanol–water partition coefficient (Wildman–Crippen LogP) is 3.24. The Balaban J connectivity index is 2.22. The van der Waals surface area contributed by atoms with Gasteiger partial charge in [-0.15, -0.1) is 11.3 Å². The quantitative estimate of drug-likeness (QED) is 0.890. The van der Waals surface area contributed by atoms with Gasteiger partial charge in [-0.3, -0.25) is 0 Å². The van der Waals surface area contributed by atoms with Gasteiger partial charge >= 0.3 is 0 Å². The number of hydrogen-bond donors (Lipinski definition) is 1. The molecule has 1 aliphatic rings. The lowest BCUT2D eigenvalue weighted by Crippen LogP contribution is -2.48. The lowest BCUT2D eigenvalue weighted by molar-refractivity contribution is 0.0291. The summed E-state index contributed by atoms with van der Waals surface area (Å²) in [7, 11) is 1.83. The summed E-state index contributed by atoms with van der Waals surface area (Å²) in [5, 5.41) is 7.15. The molecule has 2 atom stereocenters. The van der Waals surface area contributed by atoms with Gasteiger partial charge in [0, 0.05) is 18.2 Å². The Hall–Kier alpha value is -0.450. The smallest absolute Gasteiger partial charge is 0.113 e. The van der Waals surface area contributed by atoms with Crippen molar-refractivity contribution >= 4 is 11.3 Å². The average molecular weight is 268 g/mol. The Labute approximate surface area is 114 Å². The molecule has 102 valence electrons. The Morgan fingerprint density at radius 1 is 1.61 bits per heavy atom. The van der Waals surface area contributed by atoms with Crippen LogP contribution >= 0.6 is 11.3 Å². The van der Waals surface area contributed by atoms with Crippen LogP contribution in [0.15, 0.2) is 5.38 Å². The Bertz CT molecular complexity index is 380. The summed E-state index contributed by atoms with van der Waals surface area (Å²) in [5.41, 5.74) is 1.18. The molecule has 2 rings (SSSR count). The highest BCUT2D eigenvalue weighted by molar-refractivity contribution is 7.09. The number of ether oxygens (including phenoxy) is 1. The number of nitrogens with zero attached hydrogens (tertiary/aromatic N) is 1. The second-order valence-electron chi connectivity index (χ2n) is 5.26. The molecular formula is C14H24N2OS. The van der Waals surface area contributed by atoms with Gasteiger partial charge in [-0.1, -0.05) is 6.92 Å². The maximum absolute atomic E-state index is 5.59. The Morgan fingerprint density at radius 3 is 3.06 bits per heavy atom. The molecule has 1 heterocycles. The summed E-state index contributed by atoms with van der Waals surface area (Å²) in [4.78, 5) is 4.73. The normalized spacial score (nSPS) is 28.5. The van der Waals surface area contributed by atoms with Gasteiger partial charge < -0.3 is 10.1 Å². The van der Waals surface area contributed by atoms with Crippen molar-refractivity contribution in [2.75, 3.05) is 13.7 Å². The van der Waals surface area contributed by atoms with Gasteiger partial charge in [0.05, 0.1) is 11.6 Å². The van der Waals surface area contributed by atoms with E-state index in [2.05, 4.69) is 24.5 Å². The summed E-state index contributed by atoms with van der Waals surface area (Å²) in [6.45, 7) is 5.34. The average Bonchev–Trinajstić information content (AvgIpc) is 2.84. The van der Waals surface area contributed by atoms with Gasteiger partial charge in [0.1, 0.15) is 5.01 Å². The molecular weight excluding hydrogens is 244 g/mol. The molecule has 0 aromatic carbocycles. The summed E-state index contributed by atoms with van der Waals surface area (Å²) in [5.74, 6) is 0. The summed E-state index contributed by atoms with van der Waals surface area (Å²) < 4.78 is 5.59. The van der Waals surface area contributed by atoms with Crippen LogP contribution in [0.2, 0.25) is 0 Å². The van der Waals surface area contributed by atoms with Crippen molar-refractivity contribution in [2.45, 2.75) is 57.6 Å². The topological polar surface area (TPSA) is 34.2 Å². The molecule has 0 spiro atoms. The zero-order valence-electron chi connectivity index (χ0n) is 11.7. The molecule has 0 radical (unpaired) electrons.